The van der Waals surface area contributed by atoms with E-state index in [-0.39, 0.29) is 6.10 Å². The fourth-order valence-corrected chi connectivity index (χ4v) is 2.18. The molecule has 1 unspecified atom stereocenters. The molecule has 0 aliphatic rings. The summed E-state index contributed by atoms with van der Waals surface area (Å²) in [7, 11) is 0. The van der Waals surface area contributed by atoms with Gasteiger partial charge in [0.25, 0.3) is 0 Å². The second-order valence-electron chi connectivity index (χ2n) is 3.38. The third-order valence-corrected chi connectivity index (χ3v) is 3.44. The highest BCUT2D eigenvalue weighted by molar-refractivity contribution is 7.99. The molecule has 1 N–H and O–H groups in total. The molecule has 1 atom stereocenters. The molecule has 86 valence electrons. The minimum atomic E-state index is -0.290. The van der Waals surface area contributed by atoms with Crippen LogP contribution in [0.5, 0.6) is 0 Å². The van der Waals surface area contributed by atoms with Gasteiger partial charge in [-0.05, 0) is 37.6 Å². The van der Waals surface area contributed by atoms with Crippen molar-refractivity contribution in [2.24, 2.45) is 0 Å². The van der Waals surface area contributed by atoms with Crippen molar-refractivity contribution in [3.8, 4) is 11.8 Å². The van der Waals surface area contributed by atoms with Gasteiger partial charge in [0.2, 0.25) is 0 Å². The molecule has 0 aliphatic heterocycles. The first-order valence-corrected chi connectivity index (χ1v) is 6.54. The summed E-state index contributed by atoms with van der Waals surface area (Å²) in [5.41, 5.74) is 0. The quantitative estimate of drug-likeness (QED) is 0.640. The SMILES string of the molecule is CC#CCCC(O)CSc1ccc(Cl)cc1. The van der Waals surface area contributed by atoms with E-state index >= 15 is 0 Å². The van der Waals surface area contributed by atoms with Crippen LogP contribution in [-0.2, 0) is 0 Å². The van der Waals surface area contributed by atoms with Crippen molar-refractivity contribution in [2.45, 2.75) is 30.8 Å². The topological polar surface area (TPSA) is 20.2 Å². The van der Waals surface area contributed by atoms with Crippen LogP contribution in [-0.4, -0.2) is 17.0 Å². The zero-order valence-electron chi connectivity index (χ0n) is 9.24. The Kier molecular flexibility index (Phi) is 6.40. The van der Waals surface area contributed by atoms with Gasteiger partial charge in [-0.15, -0.1) is 23.6 Å². The van der Waals surface area contributed by atoms with Gasteiger partial charge in [0, 0.05) is 22.1 Å². The number of aliphatic hydroxyl groups is 1. The number of rotatable bonds is 5. The lowest BCUT2D eigenvalue weighted by Crippen LogP contribution is -2.08. The van der Waals surface area contributed by atoms with Crippen molar-refractivity contribution in [1.82, 2.24) is 0 Å². The second-order valence-corrected chi connectivity index (χ2v) is 4.91. The van der Waals surface area contributed by atoms with Gasteiger partial charge in [0.15, 0.2) is 0 Å². The lowest BCUT2D eigenvalue weighted by molar-refractivity contribution is 0.191. The summed E-state index contributed by atoms with van der Waals surface area (Å²) in [5.74, 6) is 6.47. The maximum atomic E-state index is 9.68. The van der Waals surface area contributed by atoms with E-state index in [4.69, 9.17) is 11.6 Å². The van der Waals surface area contributed by atoms with Crippen LogP contribution in [0.1, 0.15) is 19.8 Å². The summed E-state index contributed by atoms with van der Waals surface area (Å²) in [5, 5.41) is 10.4. The maximum absolute atomic E-state index is 9.68. The predicted octanol–water partition coefficient (Wildman–Crippen LogP) is 3.60. The normalized spacial score (nSPS) is 11.7. The smallest absolute Gasteiger partial charge is 0.0643 e. The van der Waals surface area contributed by atoms with Crippen LogP contribution in [0.2, 0.25) is 5.02 Å². The van der Waals surface area contributed by atoms with E-state index in [1.165, 1.54) is 0 Å². The summed E-state index contributed by atoms with van der Waals surface area (Å²) in [6, 6.07) is 7.65. The summed E-state index contributed by atoms with van der Waals surface area (Å²) in [4.78, 5) is 1.13. The van der Waals surface area contributed by atoms with E-state index in [9.17, 15) is 5.11 Å². The van der Waals surface area contributed by atoms with Gasteiger partial charge < -0.3 is 5.11 Å². The van der Waals surface area contributed by atoms with Crippen LogP contribution in [0.3, 0.4) is 0 Å². The fourth-order valence-electron chi connectivity index (χ4n) is 1.17. The van der Waals surface area contributed by atoms with E-state index in [1.54, 1.807) is 11.8 Å². The average molecular weight is 255 g/mol. The maximum Gasteiger partial charge on any atom is 0.0643 e. The molecule has 0 saturated heterocycles. The van der Waals surface area contributed by atoms with Crippen LogP contribution in [0.15, 0.2) is 29.2 Å². The first-order chi connectivity index (χ1) is 7.72. The fraction of sp³-hybridized carbons (Fsp3) is 0.385. The van der Waals surface area contributed by atoms with Crippen molar-refractivity contribution in [3.63, 3.8) is 0 Å². The first kappa shape index (κ1) is 13.4. The lowest BCUT2D eigenvalue weighted by atomic mass is 10.2. The molecular formula is C13H15ClOS. The number of hydrogen-bond acceptors (Lipinski definition) is 2. The third-order valence-electron chi connectivity index (χ3n) is 2.04. The second kappa shape index (κ2) is 7.62. The highest BCUT2D eigenvalue weighted by atomic mass is 35.5. The average Bonchev–Trinajstić information content (AvgIpc) is 2.29. The third kappa shape index (κ3) is 5.46. The summed E-state index contributed by atoms with van der Waals surface area (Å²) < 4.78 is 0. The molecule has 0 saturated carbocycles. The number of hydrogen-bond donors (Lipinski definition) is 1. The van der Waals surface area contributed by atoms with Crippen molar-refractivity contribution in [1.29, 1.82) is 0 Å². The van der Waals surface area contributed by atoms with E-state index < -0.39 is 0 Å². The highest BCUT2D eigenvalue weighted by Crippen LogP contribution is 2.21. The monoisotopic (exact) mass is 254 g/mol. The van der Waals surface area contributed by atoms with E-state index in [1.807, 2.05) is 31.2 Å². The lowest BCUT2D eigenvalue weighted by Gasteiger charge is -2.08. The van der Waals surface area contributed by atoms with E-state index in [2.05, 4.69) is 11.8 Å². The number of halogens is 1. The van der Waals surface area contributed by atoms with Gasteiger partial charge >= 0.3 is 0 Å². The van der Waals surface area contributed by atoms with Gasteiger partial charge in [0.05, 0.1) is 6.10 Å². The molecular weight excluding hydrogens is 240 g/mol. The van der Waals surface area contributed by atoms with Crippen molar-refractivity contribution in [2.75, 3.05) is 5.75 Å². The molecule has 0 bridgehead atoms. The number of aliphatic hydroxyl groups excluding tert-OH is 1. The Labute approximate surface area is 106 Å². The molecule has 0 fully saturated rings. The molecule has 0 radical (unpaired) electrons. The van der Waals surface area contributed by atoms with Crippen LogP contribution in [0, 0.1) is 11.8 Å². The predicted molar refractivity (Wildman–Crippen MR) is 70.9 cm³/mol. The standard InChI is InChI=1S/C13H15ClOS/c1-2-3-4-5-12(15)10-16-13-8-6-11(14)7-9-13/h6-9,12,15H,4-5,10H2,1H3. The van der Waals surface area contributed by atoms with Gasteiger partial charge in [-0.25, -0.2) is 0 Å². The molecule has 16 heavy (non-hydrogen) atoms. The summed E-state index contributed by atoms with van der Waals surface area (Å²) in [6.45, 7) is 1.81. The molecule has 1 aromatic carbocycles. The summed E-state index contributed by atoms with van der Waals surface area (Å²) in [6.07, 6.45) is 1.21. The number of benzene rings is 1. The molecule has 1 nitrogen and oxygen atoms in total. The van der Waals surface area contributed by atoms with Gasteiger partial charge in [-0.3, -0.25) is 0 Å². The molecule has 0 aliphatic carbocycles. The zero-order valence-corrected chi connectivity index (χ0v) is 10.8. The molecule has 3 heteroatoms. The Balaban J connectivity index is 2.27. The minimum absolute atomic E-state index is 0.290. The van der Waals surface area contributed by atoms with Crippen LogP contribution >= 0.6 is 23.4 Å². The van der Waals surface area contributed by atoms with Crippen molar-refractivity contribution >= 4 is 23.4 Å². The van der Waals surface area contributed by atoms with Crippen molar-refractivity contribution in [3.05, 3.63) is 29.3 Å². The summed E-state index contributed by atoms with van der Waals surface area (Å²) >= 11 is 7.42. The molecule has 1 aromatic rings. The van der Waals surface area contributed by atoms with Crippen LogP contribution in [0.25, 0.3) is 0 Å². The van der Waals surface area contributed by atoms with Crippen LogP contribution in [0.4, 0.5) is 0 Å². The highest BCUT2D eigenvalue weighted by Gasteiger charge is 2.04. The van der Waals surface area contributed by atoms with Crippen LogP contribution < -0.4 is 0 Å². The molecule has 1 rings (SSSR count). The Morgan fingerprint density at radius 1 is 1.38 bits per heavy atom. The van der Waals surface area contributed by atoms with E-state index in [0.29, 0.717) is 5.75 Å². The zero-order chi connectivity index (χ0) is 11.8. The molecule has 0 heterocycles. The first-order valence-electron chi connectivity index (χ1n) is 5.18. The molecule has 0 aromatic heterocycles. The van der Waals surface area contributed by atoms with Gasteiger partial charge in [-0.2, -0.15) is 0 Å². The Morgan fingerprint density at radius 2 is 2.06 bits per heavy atom. The molecule has 0 spiro atoms. The van der Waals surface area contributed by atoms with Gasteiger partial charge in [-0.1, -0.05) is 11.6 Å². The van der Waals surface area contributed by atoms with E-state index in [0.717, 1.165) is 22.8 Å². The van der Waals surface area contributed by atoms with Crippen molar-refractivity contribution < 1.29 is 5.11 Å². The Bertz CT molecular complexity index is 364. The Hall–Kier alpha value is -0.620. The Morgan fingerprint density at radius 3 is 2.69 bits per heavy atom. The minimum Gasteiger partial charge on any atom is -0.392 e. The van der Waals surface area contributed by atoms with Gasteiger partial charge in [0.1, 0.15) is 0 Å². The molecule has 0 amide bonds. The largest absolute Gasteiger partial charge is 0.392 e. The number of thioether (sulfide) groups is 1.